The van der Waals surface area contributed by atoms with Crippen LogP contribution in [0.15, 0.2) is 121 Å². The lowest BCUT2D eigenvalue weighted by Gasteiger charge is -2.37. The lowest BCUT2D eigenvalue weighted by molar-refractivity contribution is 0.465. The van der Waals surface area contributed by atoms with Gasteiger partial charge in [-0.15, -0.1) is 0 Å². The number of fused-ring (bicyclic) bond motifs is 16. The molecule has 2 aromatic heterocycles. The maximum absolute atomic E-state index is 7.13. The van der Waals surface area contributed by atoms with Gasteiger partial charge in [-0.25, -0.2) is 0 Å². The van der Waals surface area contributed by atoms with E-state index in [1.807, 2.05) is 0 Å². The highest BCUT2D eigenvalue weighted by Crippen LogP contribution is 2.45. The third-order valence-corrected chi connectivity index (χ3v) is 12.9. The number of para-hydroxylation sites is 4. The smallest absolute Gasteiger partial charge is 0.256 e. The molecule has 7 aromatic carbocycles. The van der Waals surface area contributed by atoms with Gasteiger partial charge < -0.3 is 18.6 Å². The highest BCUT2D eigenvalue weighted by atomic mass is 16.5. The van der Waals surface area contributed by atoms with Crippen LogP contribution < -0.4 is 42.3 Å². The van der Waals surface area contributed by atoms with E-state index < -0.39 is 0 Å². The number of aromatic nitrogens is 2. The zero-order chi connectivity index (χ0) is 35.7. The molecule has 4 nitrogen and oxygen atoms in total. The fraction of sp³-hybridized carbons (Fsp3) is 0.125. The first-order valence-corrected chi connectivity index (χ1v) is 19.4. The fourth-order valence-electron chi connectivity index (χ4n) is 10.8. The average molecular weight is 692 g/mol. The molecule has 254 valence electrons. The normalized spacial score (nSPS) is 14.1. The van der Waals surface area contributed by atoms with E-state index in [2.05, 4.69) is 158 Å². The van der Waals surface area contributed by atoms with Crippen molar-refractivity contribution in [3.05, 3.63) is 132 Å². The molecule has 0 unspecified atom stereocenters. The maximum atomic E-state index is 7.13. The van der Waals surface area contributed by atoms with E-state index in [0.717, 1.165) is 23.0 Å². The van der Waals surface area contributed by atoms with Crippen LogP contribution in [0.1, 0.15) is 50.7 Å². The molecule has 0 aliphatic carbocycles. The zero-order valence-electron chi connectivity index (χ0n) is 30.6. The molecule has 0 amide bonds. The van der Waals surface area contributed by atoms with Crippen LogP contribution in [0.25, 0.3) is 55.0 Å². The van der Waals surface area contributed by atoms with Gasteiger partial charge in [0.25, 0.3) is 13.4 Å². The molecule has 0 spiro atoms. The summed E-state index contributed by atoms with van der Waals surface area (Å²) in [5.74, 6) is 4.32. The van der Waals surface area contributed by atoms with Crippen molar-refractivity contribution in [1.29, 1.82) is 0 Å². The van der Waals surface area contributed by atoms with Crippen LogP contribution in [0.4, 0.5) is 0 Å². The lowest BCUT2D eigenvalue weighted by atomic mass is 9.31. The number of ether oxygens (including phenoxy) is 2. The number of hydrogen-bond donors (Lipinski definition) is 0. The van der Waals surface area contributed by atoms with Crippen molar-refractivity contribution < 1.29 is 9.47 Å². The summed E-state index contributed by atoms with van der Waals surface area (Å²) >= 11 is 0. The van der Waals surface area contributed by atoms with Gasteiger partial charge in [0.2, 0.25) is 0 Å². The van der Waals surface area contributed by atoms with Crippen molar-refractivity contribution in [2.45, 2.75) is 39.5 Å². The van der Waals surface area contributed by atoms with Gasteiger partial charge in [0, 0.05) is 39.0 Å². The zero-order valence-corrected chi connectivity index (χ0v) is 30.6. The van der Waals surface area contributed by atoms with Crippen LogP contribution in [0, 0.1) is 0 Å². The molecule has 6 heteroatoms. The Morgan fingerprint density at radius 1 is 0.444 bits per heavy atom. The van der Waals surface area contributed by atoms with E-state index >= 15 is 0 Å². The SMILES string of the molecule is CC(C)c1cc2c3c4c1c1ccccc1n4-c1ccccc1B3c1cc3c(cc1O2)Oc1cc(C(C)C)c2c4ccccc4n4c2c1B3c1ccccc1-4. The summed E-state index contributed by atoms with van der Waals surface area (Å²) in [4.78, 5) is 0. The predicted octanol–water partition coefficient (Wildman–Crippen LogP) is 8.00. The second kappa shape index (κ2) is 9.89. The van der Waals surface area contributed by atoms with Crippen LogP contribution in [0.5, 0.6) is 23.0 Å². The van der Waals surface area contributed by atoms with Gasteiger partial charge in [-0.3, -0.25) is 0 Å². The quantitative estimate of drug-likeness (QED) is 0.172. The molecule has 4 aliphatic heterocycles. The molecule has 0 fully saturated rings. The van der Waals surface area contributed by atoms with Crippen LogP contribution in [0.2, 0.25) is 0 Å². The largest absolute Gasteiger partial charge is 0.458 e. The van der Waals surface area contributed by atoms with Crippen molar-refractivity contribution in [2.75, 3.05) is 0 Å². The first-order valence-electron chi connectivity index (χ1n) is 19.4. The van der Waals surface area contributed by atoms with Gasteiger partial charge in [0.1, 0.15) is 23.0 Å². The minimum absolute atomic E-state index is 0.0146. The Balaban J connectivity index is 1.14. The predicted molar refractivity (Wildman–Crippen MR) is 226 cm³/mol. The molecule has 13 rings (SSSR count). The van der Waals surface area contributed by atoms with Crippen LogP contribution >= 0.6 is 0 Å². The summed E-state index contributed by atoms with van der Waals surface area (Å²) < 4.78 is 19.3. The first kappa shape index (κ1) is 29.3. The van der Waals surface area contributed by atoms with Gasteiger partial charge in [-0.1, -0.05) is 107 Å². The third-order valence-electron chi connectivity index (χ3n) is 12.9. The second-order valence-electron chi connectivity index (χ2n) is 16.3. The average Bonchev–Trinajstić information content (AvgIpc) is 3.73. The van der Waals surface area contributed by atoms with E-state index in [9.17, 15) is 0 Å². The van der Waals surface area contributed by atoms with E-state index in [1.54, 1.807) is 0 Å². The molecule has 0 saturated carbocycles. The van der Waals surface area contributed by atoms with Gasteiger partial charge in [0.05, 0.1) is 22.1 Å². The third kappa shape index (κ3) is 3.36. The summed E-state index contributed by atoms with van der Waals surface area (Å²) in [5.41, 5.74) is 17.7. The van der Waals surface area contributed by atoms with Crippen LogP contribution in [-0.4, -0.2) is 22.6 Å². The Bertz CT molecular complexity index is 2990. The van der Waals surface area contributed by atoms with Crippen molar-refractivity contribution in [3.8, 4) is 34.4 Å². The van der Waals surface area contributed by atoms with Crippen LogP contribution in [-0.2, 0) is 0 Å². The summed E-state index contributed by atoms with van der Waals surface area (Å²) in [6.45, 7) is 9.22. The molecule has 9 aromatic rings. The van der Waals surface area contributed by atoms with Crippen molar-refractivity contribution in [2.24, 2.45) is 0 Å². The molecule has 0 saturated heterocycles. The van der Waals surface area contributed by atoms with E-state index in [4.69, 9.17) is 9.47 Å². The van der Waals surface area contributed by atoms with Crippen molar-refractivity contribution in [3.63, 3.8) is 0 Å². The summed E-state index contributed by atoms with van der Waals surface area (Å²) in [5, 5.41) is 5.29. The highest BCUT2D eigenvalue weighted by molar-refractivity contribution is 7.02. The van der Waals surface area contributed by atoms with E-state index in [0.29, 0.717) is 11.8 Å². The molecule has 0 bridgehead atoms. The summed E-state index contributed by atoms with van der Waals surface area (Å²) in [6, 6.07) is 45.2. The topological polar surface area (TPSA) is 28.3 Å². The fourth-order valence-corrected chi connectivity index (χ4v) is 10.8. The molecular formula is C48H34B2N2O2. The maximum Gasteiger partial charge on any atom is 0.256 e. The Labute approximate surface area is 313 Å². The van der Waals surface area contributed by atoms with E-state index in [-0.39, 0.29) is 13.4 Å². The molecule has 54 heavy (non-hydrogen) atoms. The summed E-state index contributed by atoms with van der Waals surface area (Å²) in [7, 11) is 0. The first-order chi connectivity index (χ1) is 26.5. The Hall–Kier alpha value is -6.13. The van der Waals surface area contributed by atoms with Crippen LogP contribution in [0.3, 0.4) is 0 Å². The summed E-state index contributed by atoms with van der Waals surface area (Å²) in [6.07, 6.45) is 0. The van der Waals surface area contributed by atoms with E-state index in [1.165, 1.54) is 98.9 Å². The van der Waals surface area contributed by atoms with Gasteiger partial charge in [-0.05, 0) is 92.1 Å². The Morgan fingerprint density at radius 3 is 1.33 bits per heavy atom. The second-order valence-corrected chi connectivity index (χ2v) is 16.3. The number of rotatable bonds is 2. The monoisotopic (exact) mass is 692 g/mol. The Morgan fingerprint density at radius 2 is 0.870 bits per heavy atom. The molecule has 4 aliphatic rings. The molecule has 0 atom stereocenters. The van der Waals surface area contributed by atoms with Gasteiger partial charge >= 0.3 is 0 Å². The molecule has 0 radical (unpaired) electrons. The number of nitrogens with zero attached hydrogens (tertiary/aromatic N) is 2. The van der Waals surface area contributed by atoms with Gasteiger partial charge in [-0.2, -0.15) is 0 Å². The molecule has 0 N–H and O–H groups in total. The van der Waals surface area contributed by atoms with Crippen molar-refractivity contribution >= 4 is 89.8 Å². The van der Waals surface area contributed by atoms with Gasteiger partial charge in [0.15, 0.2) is 0 Å². The number of hydrogen-bond acceptors (Lipinski definition) is 2. The minimum Gasteiger partial charge on any atom is -0.458 e. The lowest BCUT2D eigenvalue weighted by Crippen LogP contribution is -2.62. The van der Waals surface area contributed by atoms with Crippen molar-refractivity contribution in [1.82, 2.24) is 9.13 Å². The highest BCUT2D eigenvalue weighted by Gasteiger charge is 2.46. The molecular weight excluding hydrogens is 658 g/mol. The Kier molecular flexibility index (Phi) is 5.37. The minimum atomic E-state index is 0.0146. The molecule has 6 heterocycles. The standard InChI is InChI=1S/C48H34B2N2O2/c1-25(2)29-21-41-45-47-43(29)27-13-5-9-17-35(27)51(47)37-19-11-7-15-31(37)49(45)33-23-34-40(24-39(33)53-41)54-42-22-30(26(3)4)44-28-14-6-10-18-36(28)52-38-20-12-8-16-32(38)50(34)46(42)48(44)52/h5-26H,1-4H3. The number of benzene rings is 7.